The van der Waals surface area contributed by atoms with Crippen LogP contribution in [0, 0.1) is 11.8 Å². The summed E-state index contributed by atoms with van der Waals surface area (Å²) in [5.41, 5.74) is 0.515. The van der Waals surface area contributed by atoms with Gasteiger partial charge < -0.3 is 19.9 Å². The molecule has 3 rings (SSSR count). The zero-order chi connectivity index (χ0) is 15.0. The van der Waals surface area contributed by atoms with Gasteiger partial charge >= 0.3 is 5.97 Å². The Kier molecular flexibility index (Phi) is 3.39. The van der Waals surface area contributed by atoms with Crippen molar-refractivity contribution in [3.8, 4) is 5.75 Å². The Morgan fingerprint density at radius 3 is 2.52 bits per heavy atom. The SMILES string of the molecule is COc1ccccc1NC(=O)[C@H]1[C@H](C(=O)O)[C@H]2C=C[C@H]1O2. The van der Waals surface area contributed by atoms with Gasteiger partial charge in [-0.1, -0.05) is 24.3 Å². The molecule has 2 N–H and O–H groups in total. The van der Waals surface area contributed by atoms with E-state index in [9.17, 15) is 14.7 Å². The van der Waals surface area contributed by atoms with Crippen molar-refractivity contribution in [2.45, 2.75) is 12.2 Å². The summed E-state index contributed by atoms with van der Waals surface area (Å²) in [6, 6.07) is 6.99. The number of benzene rings is 1. The van der Waals surface area contributed by atoms with Gasteiger partial charge in [0.2, 0.25) is 5.91 Å². The number of anilines is 1. The number of aliphatic carboxylic acids is 1. The van der Waals surface area contributed by atoms with Crippen molar-refractivity contribution in [3.63, 3.8) is 0 Å². The standard InChI is InChI=1S/C15H15NO5/c1-20-9-5-3-2-4-8(9)16-14(17)12-10-6-7-11(21-10)13(12)15(18)19/h2-7,10-13H,1H3,(H,16,17)(H,18,19)/t10-,11-,12-,13-/m1/s1. The van der Waals surface area contributed by atoms with Crippen LogP contribution in [0.15, 0.2) is 36.4 Å². The van der Waals surface area contributed by atoms with E-state index in [0.717, 1.165) is 0 Å². The molecule has 0 aromatic heterocycles. The maximum Gasteiger partial charge on any atom is 0.310 e. The van der Waals surface area contributed by atoms with E-state index in [-0.39, 0.29) is 5.91 Å². The molecule has 0 radical (unpaired) electrons. The first-order valence-electron chi connectivity index (χ1n) is 6.62. The summed E-state index contributed by atoms with van der Waals surface area (Å²) >= 11 is 0. The van der Waals surface area contributed by atoms with E-state index in [0.29, 0.717) is 11.4 Å². The molecule has 2 heterocycles. The number of carboxylic acid groups (broad SMARTS) is 1. The van der Waals surface area contributed by atoms with Crippen LogP contribution in [0.4, 0.5) is 5.69 Å². The second-order valence-electron chi connectivity index (χ2n) is 5.03. The third kappa shape index (κ3) is 2.27. The molecule has 21 heavy (non-hydrogen) atoms. The highest BCUT2D eigenvalue weighted by Gasteiger charge is 2.53. The van der Waals surface area contributed by atoms with Crippen LogP contribution in [0.5, 0.6) is 5.75 Å². The topological polar surface area (TPSA) is 84.9 Å². The van der Waals surface area contributed by atoms with Gasteiger partial charge in [-0.25, -0.2) is 0 Å². The van der Waals surface area contributed by atoms with Crippen molar-refractivity contribution in [2.24, 2.45) is 11.8 Å². The molecular formula is C15H15NO5. The quantitative estimate of drug-likeness (QED) is 0.816. The number of carbonyl (C=O) groups excluding carboxylic acids is 1. The Morgan fingerprint density at radius 2 is 1.86 bits per heavy atom. The highest BCUT2D eigenvalue weighted by Crippen LogP contribution is 2.40. The van der Waals surface area contributed by atoms with Gasteiger partial charge in [0.25, 0.3) is 0 Å². The van der Waals surface area contributed by atoms with Gasteiger partial charge in [-0.3, -0.25) is 9.59 Å². The molecule has 6 heteroatoms. The number of methoxy groups -OCH3 is 1. The molecular weight excluding hydrogens is 274 g/mol. The van der Waals surface area contributed by atoms with Crippen LogP contribution in [0.25, 0.3) is 0 Å². The first kappa shape index (κ1) is 13.6. The lowest BCUT2D eigenvalue weighted by Gasteiger charge is -2.21. The third-order valence-electron chi connectivity index (χ3n) is 3.85. The molecule has 1 aromatic rings. The molecule has 2 aliphatic rings. The summed E-state index contributed by atoms with van der Waals surface area (Å²) in [7, 11) is 1.51. The summed E-state index contributed by atoms with van der Waals surface area (Å²) in [5.74, 6) is -2.45. The summed E-state index contributed by atoms with van der Waals surface area (Å²) in [6.07, 6.45) is 2.44. The number of fused-ring (bicyclic) bond motifs is 2. The molecule has 0 unspecified atom stereocenters. The fraction of sp³-hybridized carbons (Fsp3) is 0.333. The highest BCUT2D eigenvalue weighted by molar-refractivity contribution is 5.97. The molecule has 1 aromatic carbocycles. The van der Waals surface area contributed by atoms with E-state index in [2.05, 4.69) is 5.32 Å². The fourth-order valence-corrected chi connectivity index (χ4v) is 2.88. The average molecular weight is 289 g/mol. The van der Waals surface area contributed by atoms with Crippen LogP contribution in [0.1, 0.15) is 0 Å². The maximum atomic E-state index is 12.4. The van der Waals surface area contributed by atoms with Crippen molar-refractivity contribution >= 4 is 17.6 Å². The monoisotopic (exact) mass is 289 g/mol. The highest BCUT2D eigenvalue weighted by atomic mass is 16.5. The van der Waals surface area contributed by atoms with Crippen LogP contribution in [0.3, 0.4) is 0 Å². The molecule has 0 spiro atoms. The maximum absolute atomic E-state index is 12.4. The second-order valence-corrected chi connectivity index (χ2v) is 5.03. The first-order valence-corrected chi connectivity index (χ1v) is 6.62. The van der Waals surface area contributed by atoms with E-state index in [4.69, 9.17) is 9.47 Å². The van der Waals surface area contributed by atoms with Crippen LogP contribution < -0.4 is 10.1 Å². The minimum Gasteiger partial charge on any atom is -0.495 e. The Bertz CT molecular complexity index is 612. The molecule has 1 amide bonds. The number of hydrogen-bond acceptors (Lipinski definition) is 4. The van der Waals surface area contributed by atoms with Crippen molar-refractivity contribution in [3.05, 3.63) is 36.4 Å². The number of para-hydroxylation sites is 2. The molecule has 4 atom stereocenters. The van der Waals surface area contributed by atoms with Crippen LogP contribution in [-0.2, 0) is 14.3 Å². The lowest BCUT2D eigenvalue weighted by atomic mass is 9.82. The first-order chi connectivity index (χ1) is 10.1. The van der Waals surface area contributed by atoms with E-state index in [1.807, 2.05) is 0 Å². The molecule has 110 valence electrons. The Hall–Kier alpha value is -2.34. The molecule has 1 saturated heterocycles. The van der Waals surface area contributed by atoms with Crippen molar-refractivity contribution in [1.29, 1.82) is 0 Å². The van der Waals surface area contributed by atoms with Gasteiger partial charge in [0, 0.05) is 0 Å². The third-order valence-corrected chi connectivity index (χ3v) is 3.85. The van der Waals surface area contributed by atoms with Gasteiger partial charge in [-0.2, -0.15) is 0 Å². The minimum atomic E-state index is -1.02. The van der Waals surface area contributed by atoms with Crippen LogP contribution >= 0.6 is 0 Å². The van der Waals surface area contributed by atoms with Crippen molar-refractivity contribution < 1.29 is 24.2 Å². The number of amides is 1. The predicted molar refractivity (Wildman–Crippen MR) is 74.0 cm³/mol. The number of hydrogen-bond donors (Lipinski definition) is 2. The zero-order valence-electron chi connectivity index (χ0n) is 11.4. The smallest absolute Gasteiger partial charge is 0.310 e. The largest absolute Gasteiger partial charge is 0.495 e. The van der Waals surface area contributed by atoms with Gasteiger partial charge in [-0.15, -0.1) is 0 Å². The number of rotatable bonds is 4. The minimum absolute atomic E-state index is 0.372. The molecule has 6 nitrogen and oxygen atoms in total. The molecule has 0 aliphatic carbocycles. The van der Waals surface area contributed by atoms with E-state index < -0.39 is 30.0 Å². The van der Waals surface area contributed by atoms with E-state index >= 15 is 0 Å². The molecule has 1 fully saturated rings. The van der Waals surface area contributed by atoms with E-state index in [1.165, 1.54) is 7.11 Å². The number of nitrogens with one attached hydrogen (secondary N) is 1. The molecule has 2 aliphatic heterocycles. The number of carboxylic acids is 1. The Morgan fingerprint density at radius 1 is 1.19 bits per heavy atom. The number of carbonyl (C=O) groups is 2. The van der Waals surface area contributed by atoms with Crippen molar-refractivity contribution in [2.75, 3.05) is 12.4 Å². The lowest BCUT2D eigenvalue weighted by molar-refractivity contribution is -0.145. The summed E-state index contributed by atoms with van der Waals surface area (Å²) in [6.45, 7) is 0. The van der Waals surface area contributed by atoms with Gasteiger partial charge in [0.15, 0.2) is 0 Å². The van der Waals surface area contributed by atoms with E-state index in [1.54, 1.807) is 36.4 Å². The Balaban J connectivity index is 1.82. The summed E-state index contributed by atoms with van der Waals surface area (Å²) in [5, 5.41) is 12.0. The lowest BCUT2D eigenvalue weighted by Crippen LogP contribution is -2.39. The summed E-state index contributed by atoms with van der Waals surface area (Å²) < 4.78 is 10.7. The van der Waals surface area contributed by atoms with Crippen LogP contribution in [-0.4, -0.2) is 36.3 Å². The van der Waals surface area contributed by atoms with Crippen molar-refractivity contribution in [1.82, 2.24) is 0 Å². The molecule has 0 saturated carbocycles. The zero-order valence-corrected chi connectivity index (χ0v) is 11.4. The fourth-order valence-electron chi connectivity index (χ4n) is 2.88. The van der Waals surface area contributed by atoms with Crippen LogP contribution in [0.2, 0.25) is 0 Å². The molecule has 2 bridgehead atoms. The van der Waals surface area contributed by atoms with Gasteiger partial charge in [0.05, 0.1) is 30.9 Å². The average Bonchev–Trinajstić information content (AvgIpc) is 3.08. The number of ether oxygens (including phenoxy) is 2. The predicted octanol–water partition coefficient (Wildman–Crippen LogP) is 1.29. The Labute approximate surface area is 121 Å². The van der Waals surface area contributed by atoms with Gasteiger partial charge in [0.1, 0.15) is 11.7 Å². The normalized spacial score (nSPS) is 29.4. The van der Waals surface area contributed by atoms with Gasteiger partial charge in [-0.05, 0) is 12.1 Å². The summed E-state index contributed by atoms with van der Waals surface area (Å²) in [4.78, 5) is 23.8. The second kappa shape index (κ2) is 5.21.